The number of carbonyl (C=O) groups excluding carboxylic acids is 2. The number of nitrogens with one attached hydrogen (secondary N) is 2. The van der Waals surface area contributed by atoms with Crippen molar-refractivity contribution in [2.45, 2.75) is 57.7 Å². The molecular formula is C15H25N3O4. The zero-order valence-electron chi connectivity index (χ0n) is 13.2. The molecule has 22 heavy (non-hydrogen) atoms. The van der Waals surface area contributed by atoms with Crippen molar-refractivity contribution in [2.24, 2.45) is 5.92 Å². The van der Waals surface area contributed by atoms with Crippen molar-refractivity contribution >= 4 is 17.8 Å². The average molecular weight is 311 g/mol. The molecule has 0 spiro atoms. The number of hydrogen-bond acceptors (Lipinski definition) is 4. The molecule has 0 radical (unpaired) electrons. The summed E-state index contributed by atoms with van der Waals surface area (Å²) < 4.78 is 0. The molecule has 3 N–H and O–H groups in total. The minimum Gasteiger partial charge on any atom is -0.480 e. The van der Waals surface area contributed by atoms with E-state index >= 15 is 0 Å². The van der Waals surface area contributed by atoms with E-state index < -0.39 is 12.0 Å². The number of carboxylic acids is 1. The van der Waals surface area contributed by atoms with Crippen LogP contribution in [0.1, 0.15) is 39.5 Å². The first kappa shape index (κ1) is 16.7. The molecule has 0 aromatic heterocycles. The molecule has 0 unspecified atom stereocenters. The summed E-state index contributed by atoms with van der Waals surface area (Å²) in [4.78, 5) is 35.8. The molecule has 1 atom stereocenters. The Bertz CT molecular complexity index is 444. The first-order valence-corrected chi connectivity index (χ1v) is 7.88. The molecule has 2 rings (SSSR count). The largest absolute Gasteiger partial charge is 0.480 e. The van der Waals surface area contributed by atoms with Gasteiger partial charge in [-0.3, -0.25) is 19.3 Å². The summed E-state index contributed by atoms with van der Waals surface area (Å²) in [7, 11) is 0. The predicted octanol–water partition coefficient (Wildman–Crippen LogP) is -0.0452. The standard InChI is InChI=1S/C15H25N3O4/c1-9(16-10(2)19)15(22)17-12-5-13(6-12)18(8-14(20)21)7-11-3-4-11/h9,11-13H,3-8H2,1-2H3,(H,16,19)(H,17,22)(H,20,21)/t9-,12?,13?/m0/s1. The van der Waals surface area contributed by atoms with Crippen molar-refractivity contribution in [2.75, 3.05) is 13.1 Å². The van der Waals surface area contributed by atoms with Gasteiger partial charge in [0.05, 0.1) is 6.54 Å². The van der Waals surface area contributed by atoms with E-state index in [1.807, 2.05) is 4.90 Å². The van der Waals surface area contributed by atoms with Gasteiger partial charge in [0.1, 0.15) is 6.04 Å². The molecule has 2 fully saturated rings. The summed E-state index contributed by atoms with van der Waals surface area (Å²) in [5.41, 5.74) is 0. The van der Waals surface area contributed by atoms with Crippen LogP contribution in [0.25, 0.3) is 0 Å². The molecule has 2 aliphatic carbocycles. The number of aliphatic carboxylic acids is 1. The van der Waals surface area contributed by atoms with Gasteiger partial charge in [-0.2, -0.15) is 0 Å². The Morgan fingerprint density at radius 1 is 1.27 bits per heavy atom. The van der Waals surface area contributed by atoms with Gasteiger partial charge in [-0.15, -0.1) is 0 Å². The summed E-state index contributed by atoms with van der Waals surface area (Å²) >= 11 is 0. The Kier molecular flexibility index (Phi) is 5.39. The van der Waals surface area contributed by atoms with Crippen LogP contribution in [0.3, 0.4) is 0 Å². The number of hydrogen-bond donors (Lipinski definition) is 3. The van der Waals surface area contributed by atoms with Crippen LogP contribution in [0.2, 0.25) is 0 Å². The molecule has 124 valence electrons. The Hall–Kier alpha value is -1.63. The first-order valence-electron chi connectivity index (χ1n) is 7.88. The van der Waals surface area contributed by atoms with Gasteiger partial charge >= 0.3 is 5.97 Å². The smallest absolute Gasteiger partial charge is 0.317 e. The SMILES string of the molecule is CC(=O)N[C@@H](C)C(=O)NC1CC(N(CC(=O)O)CC2CC2)C1. The number of carbonyl (C=O) groups is 3. The Labute approximate surface area is 130 Å². The number of rotatable bonds is 8. The van der Waals surface area contributed by atoms with Gasteiger partial charge < -0.3 is 15.7 Å². The lowest BCUT2D eigenvalue weighted by Gasteiger charge is -2.43. The van der Waals surface area contributed by atoms with E-state index in [0.29, 0.717) is 5.92 Å². The highest BCUT2D eigenvalue weighted by Gasteiger charge is 2.38. The van der Waals surface area contributed by atoms with Gasteiger partial charge in [0.25, 0.3) is 0 Å². The van der Waals surface area contributed by atoms with E-state index in [1.54, 1.807) is 6.92 Å². The van der Waals surface area contributed by atoms with Crippen LogP contribution < -0.4 is 10.6 Å². The van der Waals surface area contributed by atoms with Gasteiger partial charge in [-0.05, 0) is 38.5 Å². The molecule has 7 nitrogen and oxygen atoms in total. The quantitative estimate of drug-likeness (QED) is 0.584. The summed E-state index contributed by atoms with van der Waals surface area (Å²) in [6.45, 7) is 3.95. The third kappa shape index (κ3) is 4.98. The third-order valence-corrected chi connectivity index (χ3v) is 4.32. The predicted molar refractivity (Wildman–Crippen MR) is 80.2 cm³/mol. The maximum absolute atomic E-state index is 11.9. The van der Waals surface area contributed by atoms with E-state index in [9.17, 15) is 14.4 Å². The number of carboxylic acid groups (broad SMARTS) is 1. The maximum Gasteiger partial charge on any atom is 0.317 e. The average Bonchev–Trinajstić information content (AvgIpc) is 3.14. The highest BCUT2D eigenvalue weighted by Crippen LogP contribution is 2.33. The van der Waals surface area contributed by atoms with Crippen molar-refractivity contribution < 1.29 is 19.5 Å². The van der Waals surface area contributed by atoms with Crippen molar-refractivity contribution in [1.29, 1.82) is 0 Å². The second-order valence-electron chi connectivity index (χ2n) is 6.52. The van der Waals surface area contributed by atoms with Crippen molar-refractivity contribution in [3.05, 3.63) is 0 Å². The molecule has 0 heterocycles. The minimum atomic E-state index is -0.799. The van der Waals surface area contributed by atoms with Crippen LogP contribution in [0, 0.1) is 5.92 Å². The Morgan fingerprint density at radius 3 is 2.41 bits per heavy atom. The summed E-state index contributed by atoms with van der Waals surface area (Å²) in [5.74, 6) is -0.572. The second-order valence-corrected chi connectivity index (χ2v) is 6.52. The number of amides is 2. The van der Waals surface area contributed by atoms with Gasteiger partial charge in [-0.25, -0.2) is 0 Å². The van der Waals surface area contributed by atoms with E-state index in [4.69, 9.17) is 5.11 Å². The van der Waals surface area contributed by atoms with Crippen LogP contribution in [0.5, 0.6) is 0 Å². The van der Waals surface area contributed by atoms with E-state index in [1.165, 1.54) is 19.8 Å². The summed E-state index contributed by atoms with van der Waals surface area (Å²) in [6.07, 6.45) is 3.94. The lowest BCUT2D eigenvalue weighted by atomic mass is 9.85. The van der Waals surface area contributed by atoms with Gasteiger partial charge in [0.2, 0.25) is 11.8 Å². The molecule has 0 aromatic rings. The fraction of sp³-hybridized carbons (Fsp3) is 0.800. The van der Waals surface area contributed by atoms with Crippen molar-refractivity contribution in [3.8, 4) is 0 Å². The maximum atomic E-state index is 11.9. The lowest BCUT2D eigenvalue weighted by Crippen LogP contribution is -2.57. The highest BCUT2D eigenvalue weighted by atomic mass is 16.4. The zero-order chi connectivity index (χ0) is 16.3. The first-order chi connectivity index (χ1) is 10.3. The molecule has 2 saturated carbocycles. The van der Waals surface area contributed by atoms with Crippen LogP contribution in [0.4, 0.5) is 0 Å². The lowest BCUT2D eigenvalue weighted by molar-refractivity contribution is -0.140. The van der Waals surface area contributed by atoms with Crippen LogP contribution in [0.15, 0.2) is 0 Å². The molecule has 0 aliphatic heterocycles. The molecule has 2 amide bonds. The minimum absolute atomic E-state index is 0.0733. The molecule has 7 heteroatoms. The van der Waals surface area contributed by atoms with Crippen LogP contribution >= 0.6 is 0 Å². The fourth-order valence-corrected chi connectivity index (χ4v) is 2.85. The Balaban J connectivity index is 1.73. The third-order valence-electron chi connectivity index (χ3n) is 4.32. The van der Waals surface area contributed by atoms with Gasteiger partial charge in [0.15, 0.2) is 0 Å². The summed E-state index contributed by atoms with van der Waals surface area (Å²) in [6, 6.07) is -0.236. The number of nitrogens with zero attached hydrogens (tertiary/aromatic N) is 1. The molecule has 0 bridgehead atoms. The van der Waals surface area contributed by atoms with Crippen molar-refractivity contribution in [3.63, 3.8) is 0 Å². The molecule has 0 saturated heterocycles. The molecular weight excluding hydrogens is 286 g/mol. The second kappa shape index (κ2) is 7.09. The van der Waals surface area contributed by atoms with Crippen molar-refractivity contribution in [1.82, 2.24) is 15.5 Å². The molecule has 2 aliphatic rings. The van der Waals surface area contributed by atoms with E-state index in [2.05, 4.69) is 10.6 Å². The highest BCUT2D eigenvalue weighted by molar-refractivity contribution is 5.86. The van der Waals surface area contributed by atoms with Gasteiger partial charge in [0, 0.05) is 25.6 Å². The Morgan fingerprint density at radius 2 is 1.91 bits per heavy atom. The van der Waals surface area contributed by atoms with E-state index in [0.717, 1.165) is 19.4 Å². The van der Waals surface area contributed by atoms with Gasteiger partial charge in [-0.1, -0.05) is 0 Å². The fourth-order valence-electron chi connectivity index (χ4n) is 2.85. The normalized spacial score (nSPS) is 25.2. The topological polar surface area (TPSA) is 98.7 Å². The van der Waals surface area contributed by atoms with Crippen LogP contribution in [-0.2, 0) is 14.4 Å². The molecule has 0 aromatic carbocycles. The van der Waals surface area contributed by atoms with Crippen LogP contribution in [-0.4, -0.2) is 59.0 Å². The summed E-state index contributed by atoms with van der Waals surface area (Å²) in [5, 5.41) is 14.5. The van der Waals surface area contributed by atoms with E-state index in [-0.39, 0.29) is 30.4 Å². The monoisotopic (exact) mass is 311 g/mol. The zero-order valence-corrected chi connectivity index (χ0v) is 13.2.